The molecule has 1 aliphatic carbocycles. The first kappa shape index (κ1) is 15.3. The highest BCUT2D eigenvalue weighted by Gasteiger charge is 2.18. The van der Waals surface area contributed by atoms with Gasteiger partial charge in [0.1, 0.15) is 11.5 Å². The van der Waals surface area contributed by atoms with E-state index in [0.29, 0.717) is 12.5 Å². The van der Waals surface area contributed by atoms with Gasteiger partial charge in [0.25, 0.3) is 0 Å². The van der Waals surface area contributed by atoms with E-state index in [1.807, 2.05) is 6.92 Å². The zero-order chi connectivity index (χ0) is 14.4. The fourth-order valence-electron chi connectivity index (χ4n) is 2.63. The summed E-state index contributed by atoms with van der Waals surface area (Å²) < 4.78 is 11.6. The molecule has 1 aliphatic rings. The SMILES string of the molecule is CCNCc1cc(COCC2CC=CCC2C)c(C)o1. The lowest BCUT2D eigenvalue weighted by Crippen LogP contribution is -2.19. The number of hydrogen-bond donors (Lipinski definition) is 1. The Balaban J connectivity index is 1.78. The van der Waals surface area contributed by atoms with Crippen LogP contribution in [0.3, 0.4) is 0 Å². The van der Waals surface area contributed by atoms with Crippen LogP contribution in [0.1, 0.15) is 43.8 Å². The van der Waals surface area contributed by atoms with Gasteiger partial charge in [-0.2, -0.15) is 0 Å². The number of ether oxygens (including phenoxy) is 1. The van der Waals surface area contributed by atoms with E-state index in [9.17, 15) is 0 Å². The number of hydrogen-bond acceptors (Lipinski definition) is 3. The Bertz CT molecular complexity index is 436. The quantitative estimate of drug-likeness (QED) is 0.769. The van der Waals surface area contributed by atoms with Gasteiger partial charge >= 0.3 is 0 Å². The van der Waals surface area contributed by atoms with Crippen LogP contribution in [-0.4, -0.2) is 13.2 Å². The zero-order valence-electron chi connectivity index (χ0n) is 12.9. The van der Waals surface area contributed by atoms with Gasteiger partial charge in [0.2, 0.25) is 0 Å². The molecule has 1 aromatic heterocycles. The van der Waals surface area contributed by atoms with Gasteiger partial charge in [0, 0.05) is 5.56 Å². The minimum Gasteiger partial charge on any atom is -0.465 e. The van der Waals surface area contributed by atoms with Gasteiger partial charge in [0.05, 0.1) is 19.8 Å². The fourth-order valence-corrected chi connectivity index (χ4v) is 2.63. The third-order valence-corrected chi connectivity index (χ3v) is 4.13. The summed E-state index contributed by atoms with van der Waals surface area (Å²) in [5.41, 5.74) is 1.18. The van der Waals surface area contributed by atoms with E-state index in [1.165, 1.54) is 12.0 Å². The highest BCUT2D eigenvalue weighted by molar-refractivity contribution is 5.19. The molecule has 112 valence electrons. The van der Waals surface area contributed by atoms with Crippen LogP contribution >= 0.6 is 0 Å². The van der Waals surface area contributed by atoms with Crippen molar-refractivity contribution < 1.29 is 9.15 Å². The normalized spacial score (nSPS) is 22.4. The highest BCUT2D eigenvalue weighted by atomic mass is 16.5. The predicted octanol–water partition coefficient (Wildman–Crippen LogP) is 3.82. The Labute approximate surface area is 122 Å². The summed E-state index contributed by atoms with van der Waals surface area (Å²) in [5, 5.41) is 3.28. The topological polar surface area (TPSA) is 34.4 Å². The summed E-state index contributed by atoms with van der Waals surface area (Å²) in [6, 6.07) is 2.11. The molecule has 1 N–H and O–H groups in total. The molecule has 2 unspecified atom stereocenters. The van der Waals surface area contributed by atoms with Crippen molar-refractivity contribution in [2.75, 3.05) is 13.2 Å². The van der Waals surface area contributed by atoms with E-state index in [4.69, 9.17) is 9.15 Å². The molecule has 2 atom stereocenters. The second-order valence-corrected chi connectivity index (χ2v) is 5.77. The molecule has 0 aromatic carbocycles. The van der Waals surface area contributed by atoms with Crippen molar-refractivity contribution in [3.05, 3.63) is 35.3 Å². The van der Waals surface area contributed by atoms with Crippen LogP contribution in [0.25, 0.3) is 0 Å². The third kappa shape index (κ3) is 4.22. The number of allylic oxidation sites excluding steroid dienone is 2. The van der Waals surface area contributed by atoms with Crippen LogP contribution in [0.5, 0.6) is 0 Å². The van der Waals surface area contributed by atoms with E-state index in [2.05, 4.69) is 37.4 Å². The molecule has 0 amide bonds. The van der Waals surface area contributed by atoms with Crippen LogP contribution < -0.4 is 5.32 Å². The van der Waals surface area contributed by atoms with Crippen LogP contribution in [-0.2, 0) is 17.9 Å². The van der Waals surface area contributed by atoms with Crippen molar-refractivity contribution in [1.82, 2.24) is 5.32 Å². The molecule has 0 saturated heterocycles. The van der Waals surface area contributed by atoms with E-state index in [1.54, 1.807) is 0 Å². The van der Waals surface area contributed by atoms with Crippen LogP contribution in [0, 0.1) is 18.8 Å². The van der Waals surface area contributed by atoms with Gasteiger partial charge in [-0.15, -0.1) is 0 Å². The first-order chi connectivity index (χ1) is 9.70. The molecule has 0 radical (unpaired) electrons. The molecule has 2 rings (SSSR count). The lowest BCUT2D eigenvalue weighted by atomic mass is 9.85. The van der Waals surface area contributed by atoms with E-state index < -0.39 is 0 Å². The maximum absolute atomic E-state index is 5.91. The monoisotopic (exact) mass is 277 g/mol. The molecule has 0 aliphatic heterocycles. The van der Waals surface area contributed by atoms with Crippen molar-refractivity contribution in [3.8, 4) is 0 Å². The maximum Gasteiger partial charge on any atom is 0.118 e. The largest absolute Gasteiger partial charge is 0.465 e. The average molecular weight is 277 g/mol. The Kier molecular flexibility index (Phi) is 5.86. The molecule has 3 heteroatoms. The van der Waals surface area contributed by atoms with Crippen molar-refractivity contribution in [2.45, 2.75) is 46.8 Å². The Morgan fingerprint density at radius 3 is 2.90 bits per heavy atom. The van der Waals surface area contributed by atoms with Gasteiger partial charge in [-0.05, 0) is 44.2 Å². The molecule has 0 saturated carbocycles. The van der Waals surface area contributed by atoms with Crippen LogP contribution in [0.4, 0.5) is 0 Å². The average Bonchev–Trinajstić information content (AvgIpc) is 2.79. The lowest BCUT2D eigenvalue weighted by Gasteiger charge is -2.24. The second kappa shape index (κ2) is 7.65. The Hall–Kier alpha value is -1.06. The Morgan fingerprint density at radius 1 is 1.35 bits per heavy atom. The smallest absolute Gasteiger partial charge is 0.118 e. The van der Waals surface area contributed by atoms with E-state index in [-0.39, 0.29) is 0 Å². The van der Waals surface area contributed by atoms with Crippen LogP contribution in [0.15, 0.2) is 22.6 Å². The minimum atomic E-state index is 0.661. The van der Waals surface area contributed by atoms with Crippen molar-refractivity contribution in [2.24, 2.45) is 11.8 Å². The van der Waals surface area contributed by atoms with E-state index >= 15 is 0 Å². The second-order valence-electron chi connectivity index (χ2n) is 5.77. The minimum absolute atomic E-state index is 0.661. The van der Waals surface area contributed by atoms with Crippen molar-refractivity contribution in [3.63, 3.8) is 0 Å². The predicted molar refractivity (Wildman–Crippen MR) is 81.5 cm³/mol. The van der Waals surface area contributed by atoms with Crippen molar-refractivity contribution in [1.29, 1.82) is 0 Å². The number of nitrogens with one attached hydrogen (secondary N) is 1. The summed E-state index contributed by atoms with van der Waals surface area (Å²) in [5.74, 6) is 3.37. The number of rotatable bonds is 7. The lowest BCUT2D eigenvalue weighted by molar-refractivity contribution is 0.0674. The third-order valence-electron chi connectivity index (χ3n) is 4.13. The molecular weight excluding hydrogens is 250 g/mol. The summed E-state index contributed by atoms with van der Waals surface area (Å²) >= 11 is 0. The zero-order valence-corrected chi connectivity index (χ0v) is 12.9. The molecule has 1 heterocycles. The maximum atomic E-state index is 5.91. The molecule has 0 fully saturated rings. The van der Waals surface area contributed by atoms with Gasteiger partial charge in [-0.1, -0.05) is 26.0 Å². The fraction of sp³-hybridized carbons (Fsp3) is 0.647. The first-order valence-corrected chi connectivity index (χ1v) is 7.72. The van der Waals surface area contributed by atoms with Gasteiger partial charge in [-0.3, -0.25) is 0 Å². The first-order valence-electron chi connectivity index (χ1n) is 7.72. The number of aryl methyl sites for hydroxylation is 1. The van der Waals surface area contributed by atoms with Crippen molar-refractivity contribution >= 4 is 0 Å². The Morgan fingerprint density at radius 2 is 2.15 bits per heavy atom. The van der Waals surface area contributed by atoms with E-state index in [0.717, 1.165) is 43.6 Å². The van der Waals surface area contributed by atoms with Gasteiger partial charge in [-0.25, -0.2) is 0 Å². The molecule has 20 heavy (non-hydrogen) atoms. The van der Waals surface area contributed by atoms with Crippen LogP contribution in [0.2, 0.25) is 0 Å². The van der Waals surface area contributed by atoms with Gasteiger partial charge in [0.15, 0.2) is 0 Å². The standard InChI is InChI=1S/C17H27NO2/c1-4-18-10-17-9-16(14(3)20-17)12-19-11-15-8-6-5-7-13(15)2/h5-6,9,13,15,18H,4,7-8,10-12H2,1-3H3. The summed E-state index contributed by atoms with van der Waals surface area (Å²) in [6.45, 7) is 9.68. The molecule has 1 aromatic rings. The number of furan rings is 1. The molecular formula is C17H27NO2. The highest BCUT2D eigenvalue weighted by Crippen LogP contribution is 2.25. The summed E-state index contributed by atoms with van der Waals surface area (Å²) in [4.78, 5) is 0. The molecule has 0 bridgehead atoms. The summed E-state index contributed by atoms with van der Waals surface area (Å²) in [6.07, 6.45) is 6.91. The molecule has 0 spiro atoms. The summed E-state index contributed by atoms with van der Waals surface area (Å²) in [7, 11) is 0. The van der Waals surface area contributed by atoms with Gasteiger partial charge < -0.3 is 14.5 Å². The molecule has 3 nitrogen and oxygen atoms in total.